The first-order chi connectivity index (χ1) is 7.13. The molecule has 2 atom stereocenters. The molecule has 1 aromatic carbocycles. The molecule has 84 valence electrons. The highest BCUT2D eigenvalue weighted by molar-refractivity contribution is 7.80. The third-order valence-corrected chi connectivity index (χ3v) is 2.77. The summed E-state index contributed by atoms with van der Waals surface area (Å²) < 4.78 is 28.1. The predicted molar refractivity (Wildman–Crippen MR) is 55.5 cm³/mol. The van der Waals surface area contributed by atoms with Gasteiger partial charge in [-0.15, -0.1) is 0 Å². The van der Waals surface area contributed by atoms with Crippen LogP contribution in [0.5, 0.6) is 0 Å². The van der Waals surface area contributed by atoms with Gasteiger partial charge in [-0.1, -0.05) is 17.7 Å². The van der Waals surface area contributed by atoms with E-state index in [1.165, 1.54) is 0 Å². The maximum atomic E-state index is 11.9. The molecule has 5 heteroatoms. The average Bonchev–Trinajstić information content (AvgIpc) is 2.26. The van der Waals surface area contributed by atoms with E-state index in [1.807, 2.05) is 19.1 Å². The number of aliphatic hydroxyl groups is 1. The van der Waals surface area contributed by atoms with E-state index in [1.54, 1.807) is 12.1 Å². The molecule has 1 N–H and O–H groups in total. The smallest absolute Gasteiger partial charge is 0.189 e. The molecule has 3 nitrogen and oxygen atoms in total. The van der Waals surface area contributed by atoms with Gasteiger partial charge in [0.25, 0.3) is 0 Å². The van der Waals surface area contributed by atoms with Crippen molar-refractivity contribution in [2.45, 2.75) is 17.9 Å². The Labute approximate surface area is 90.5 Å². The Morgan fingerprint density at radius 2 is 2.07 bits per heavy atom. The number of hydrogen-bond acceptors (Lipinski definition) is 3. The average molecular weight is 232 g/mol. The minimum absolute atomic E-state index is 0.267. The van der Waals surface area contributed by atoms with Crippen LogP contribution in [0.3, 0.4) is 0 Å². The fourth-order valence-electron chi connectivity index (χ4n) is 0.902. The number of aliphatic hydroxyl groups excluding tert-OH is 1. The van der Waals surface area contributed by atoms with Gasteiger partial charge in [-0.3, -0.25) is 4.18 Å². The number of rotatable bonds is 5. The van der Waals surface area contributed by atoms with E-state index in [-0.39, 0.29) is 6.61 Å². The van der Waals surface area contributed by atoms with Crippen LogP contribution in [0, 0.1) is 6.92 Å². The Balaban J connectivity index is 2.50. The van der Waals surface area contributed by atoms with Gasteiger partial charge in [-0.25, -0.2) is 8.60 Å². The fraction of sp³-hybridized carbons (Fsp3) is 0.400. The molecule has 0 amide bonds. The van der Waals surface area contributed by atoms with Crippen LogP contribution in [0.4, 0.5) is 4.39 Å². The second kappa shape index (κ2) is 5.95. The Morgan fingerprint density at radius 1 is 1.47 bits per heavy atom. The predicted octanol–water partition coefficient (Wildman–Crippen LogP) is 1.36. The summed E-state index contributed by atoms with van der Waals surface area (Å²) in [4.78, 5) is 0.506. The monoisotopic (exact) mass is 232 g/mol. The number of halogens is 1. The second-order valence-corrected chi connectivity index (χ2v) is 4.32. The van der Waals surface area contributed by atoms with Gasteiger partial charge >= 0.3 is 0 Å². The van der Waals surface area contributed by atoms with Gasteiger partial charge < -0.3 is 5.11 Å². The number of aryl methyl sites for hydroxylation is 1. The lowest BCUT2D eigenvalue weighted by Crippen LogP contribution is -2.18. The standard InChI is InChI=1S/C10H13FO3S/c1-8-2-4-10(5-3-8)15(13)14-7-9(12)6-11/h2-5,9,12H,6-7H2,1H3. The van der Waals surface area contributed by atoms with Crippen LogP contribution in [0.15, 0.2) is 29.2 Å². The highest BCUT2D eigenvalue weighted by Gasteiger charge is 2.08. The summed E-state index contributed by atoms with van der Waals surface area (Å²) in [6, 6.07) is 6.96. The van der Waals surface area contributed by atoms with Gasteiger partial charge in [-0.05, 0) is 19.1 Å². The van der Waals surface area contributed by atoms with Crippen molar-refractivity contribution >= 4 is 11.1 Å². The molecule has 0 spiro atoms. The van der Waals surface area contributed by atoms with E-state index in [2.05, 4.69) is 0 Å². The Bertz CT molecular complexity index is 326. The lowest BCUT2D eigenvalue weighted by Gasteiger charge is -2.06. The molecule has 0 saturated heterocycles. The zero-order valence-corrected chi connectivity index (χ0v) is 9.17. The molecule has 0 saturated carbocycles. The Morgan fingerprint density at radius 3 is 2.60 bits per heavy atom. The minimum atomic E-state index is -1.64. The van der Waals surface area contributed by atoms with Gasteiger partial charge in [0, 0.05) is 0 Å². The van der Waals surface area contributed by atoms with E-state index in [0.29, 0.717) is 4.90 Å². The van der Waals surface area contributed by atoms with Crippen LogP contribution in [0.25, 0.3) is 0 Å². The molecular formula is C10H13FO3S. The molecule has 1 aromatic rings. The highest BCUT2D eigenvalue weighted by Crippen LogP contribution is 2.09. The zero-order chi connectivity index (χ0) is 11.3. The van der Waals surface area contributed by atoms with Crippen molar-refractivity contribution in [3.8, 4) is 0 Å². The van der Waals surface area contributed by atoms with Crippen LogP contribution >= 0.6 is 0 Å². The van der Waals surface area contributed by atoms with Crippen molar-refractivity contribution < 1.29 is 17.9 Å². The molecule has 0 aliphatic rings. The topological polar surface area (TPSA) is 46.5 Å². The molecule has 0 aliphatic heterocycles. The van der Waals surface area contributed by atoms with E-state index >= 15 is 0 Å². The first-order valence-electron chi connectivity index (χ1n) is 4.49. The lowest BCUT2D eigenvalue weighted by molar-refractivity contribution is 0.0901. The quantitative estimate of drug-likeness (QED) is 0.834. The molecule has 0 radical (unpaired) electrons. The van der Waals surface area contributed by atoms with E-state index in [4.69, 9.17) is 9.29 Å². The molecule has 0 fully saturated rings. The zero-order valence-electron chi connectivity index (χ0n) is 8.35. The summed E-state index contributed by atoms with van der Waals surface area (Å²) >= 11 is -1.64. The van der Waals surface area contributed by atoms with Crippen LogP contribution < -0.4 is 0 Å². The summed E-state index contributed by atoms with van der Waals surface area (Å²) in [6.45, 7) is 0.752. The van der Waals surface area contributed by atoms with Crippen molar-refractivity contribution in [2.24, 2.45) is 0 Å². The normalized spacial score (nSPS) is 14.9. The summed E-state index contributed by atoms with van der Waals surface area (Å²) in [5.74, 6) is 0. The Hall–Kier alpha value is -0.780. The van der Waals surface area contributed by atoms with Crippen LogP contribution in [-0.2, 0) is 15.3 Å². The number of benzene rings is 1. The molecule has 0 heterocycles. The molecule has 15 heavy (non-hydrogen) atoms. The number of hydrogen-bond donors (Lipinski definition) is 1. The van der Waals surface area contributed by atoms with Gasteiger partial charge in [0.05, 0.1) is 11.5 Å². The minimum Gasteiger partial charge on any atom is -0.388 e. The summed E-state index contributed by atoms with van der Waals surface area (Å²) in [5.41, 5.74) is 1.06. The summed E-state index contributed by atoms with van der Waals surface area (Å²) in [5, 5.41) is 8.86. The van der Waals surface area contributed by atoms with Gasteiger partial charge in [0.15, 0.2) is 11.1 Å². The highest BCUT2D eigenvalue weighted by atomic mass is 32.2. The first kappa shape index (κ1) is 12.3. The molecule has 0 aromatic heterocycles. The first-order valence-corrected chi connectivity index (χ1v) is 5.56. The molecule has 0 bridgehead atoms. The lowest BCUT2D eigenvalue weighted by atomic mass is 10.2. The number of alkyl halides is 1. The van der Waals surface area contributed by atoms with E-state index in [0.717, 1.165) is 5.56 Å². The van der Waals surface area contributed by atoms with Crippen molar-refractivity contribution in [2.75, 3.05) is 13.3 Å². The van der Waals surface area contributed by atoms with Crippen molar-refractivity contribution in [3.63, 3.8) is 0 Å². The molecule has 0 aliphatic carbocycles. The maximum Gasteiger partial charge on any atom is 0.189 e. The molecular weight excluding hydrogens is 219 g/mol. The third-order valence-electron chi connectivity index (χ3n) is 1.76. The Kier molecular flexibility index (Phi) is 4.87. The van der Waals surface area contributed by atoms with Crippen LogP contribution in [-0.4, -0.2) is 28.7 Å². The molecule has 2 unspecified atom stereocenters. The maximum absolute atomic E-state index is 11.9. The van der Waals surface area contributed by atoms with Gasteiger partial charge in [0.1, 0.15) is 12.8 Å². The largest absolute Gasteiger partial charge is 0.388 e. The van der Waals surface area contributed by atoms with Crippen molar-refractivity contribution in [3.05, 3.63) is 29.8 Å². The SMILES string of the molecule is Cc1ccc(S(=O)OCC(O)CF)cc1. The van der Waals surface area contributed by atoms with Crippen molar-refractivity contribution in [1.29, 1.82) is 0 Å². The molecule has 1 rings (SSSR count). The van der Waals surface area contributed by atoms with E-state index < -0.39 is 23.9 Å². The van der Waals surface area contributed by atoms with E-state index in [9.17, 15) is 8.60 Å². The van der Waals surface area contributed by atoms with Gasteiger partial charge in [-0.2, -0.15) is 0 Å². The van der Waals surface area contributed by atoms with Crippen LogP contribution in [0.1, 0.15) is 5.56 Å². The van der Waals surface area contributed by atoms with Gasteiger partial charge in [0.2, 0.25) is 0 Å². The fourth-order valence-corrected chi connectivity index (χ4v) is 1.68. The summed E-state index contributed by atoms with van der Waals surface area (Å²) in [6.07, 6.45) is -1.21. The van der Waals surface area contributed by atoms with Crippen molar-refractivity contribution in [1.82, 2.24) is 0 Å². The third kappa shape index (κ3) is 4.07. The van der Waals surface area contributed by atoms with Crippen LogP contribution in [0.2, 0.25) is 0 Å². The second-order valence-electron chi connectivity index (χ2n) is 3.14. The summed E-state index contributed by atoms with van der Waals surface area (Å²) in [7, 11) is 0.